The highest BCUT2D eigenvalue weighted by molar-refractivity contribution is 5.86. The number of carbonyl (C=O) groups excluding carboxylic acids is 1. The molecule has 0 spiro atoms. The van der Waals surface area contributed by atoms with Crippen LogP contribution in [0.4, 0.5) is 5.69 Å². The molecule has 1 aliphatic heterocycles. The predicted octanol–water partition coefficient (Wildman–Crippen LogP) is 2.51. The fourth-order valence-corrected chi connectivity index (χ4v) is 2.96. The highest BCUT2D eigenvalue weighted by Gasteiger charge is 2.41. The van der Waals surface area contributed by atoms with E-state index < -0.39 is 10.5 Å². The third kappa shape index (κ3) is 3.56. The maximum absolute atomic E-state index is 12.7. The van der Waals surface area contributed by atoms with Gasteiger partial charge in [-0.3, -0.25) is 14.9 Å². The van der Waals surface area contributed by atoms with E-state index in [0.717, 1.165) is 25.8 Å². The number of halogens is 1. The van der Waals surface area contributed by atoms with Gasteiger partial charge in [0.25, 0.3) is 5.69 Å². The molecule has 22 heavy (non-hydrogen) atoms. The van der Waals surface area contributed by atoms with Crippen molar-refractivity contribution in [3.8, 4) is 0 Å². The number of benzene rings is 1. The summed E-state index contributed by atoms with van der Waals surface area (Å²) in [6.45, 7) is 3.09. The van der Waals surface area contributed by atoms with E-state index in [4.69, 9.17) is 0 Å². The average molecular weight is 328 g/mol. The summed E-state index contributed by atoms with van der Waals surface area (Å²) >= 11 is 0. The second-order valence-corrected chi connectivity index (χ2v) is 5.51. The van der Waals surface area contributed by atoms with Gasteiger partial charge in [0.15, 0.2) is 0 Å². The van der Waals surface area contributed by atoms with Crippen molar-refractivity contribution in [1.29, 1.82) is 0 Å². The number of likely N-dealkylation sites (N-methyl/N-ethyl adjacent to an activating group) is 1. The molecule has 0 aliphatic carbocycles. The molecule has 1 amide bonds. The van der Waals surface area contributed by atoms with Crippen molar-refractivity contribution in [1.82, 2.24) is 10.2 Å². The van der Waals surface area contributed by atoms with E-state index in [1.165, 1.54) is 6.07 Å². The number of nitrogens with one attached hydrogen (secondary N) is 1. The number of nitro groups is 1. The molecule has 0 saturated carbocycles. The fraction of sp³-hybridized carbons (Fsp3) is 0.533. The van der Waals surface area contributed by atoms with Gasteiger partial charge in [-0.2, -0.15) is 0 Å². The first-order valence-corrected chi connectivity index (χ1v) is 7.23. The van der Waals surface area contributed by atoms with Crippen LogP contribution in [-0.2, 0) is 11.3 Å². The van der Waals surface area contributed by atoms with Crippen LogP contribution < -0.4 is 5.32 Å². The number of nitro benzene ring substituents is 1. The van der Waals surface area contributed by atoms with E-state index in [2.05, 4.69) is 5.32 Å². The van der Waals surface area contributed by atoms with Crippen LogP contribution in [0.5, 0.6) is 0 Å². The first-order valence-electron chi connectivity index (χ1n) is 7.23. The van der Waals surface area contributed by atoms with Gasteiger partial charge < -0.3 is 10.2 Å². The SMILES string of the molecule is CCC1(C(=O)N(C)Cc2ccccc2[N+](=O)[O-])CCCN1.Cl. The molecule has 7 heteroatoms. The molecule has 1 fully saturated rings. The molecule has 0 aromatic heterocycles. The van der Waals surface area contributed by atoms with Gasteiger partial charge in [0.05, 0.1) is 17.0 Å². The molecular formula is C15H22ClN3O3. The van der Waals surface area contributed by atoms with E-state index in [1.807, 2.05) is 6.92 Å². The van der Waals surface area contributed by atoms with Gasteiger partial charge in [-0.15, -0.1) is 12.4 Å². The van der Waals surface area contributed by atoms with Crippen molar-refractivity contribution in [3.63, 3.8) is 0 Å². The summed E-state index contributed by atoms with van der Waals surface area (Å²) in [6, 6.07) is 6.55. The Morgan fingerprint density at radius 1 is 1.45 bits per heavy atom. The number of hydrogen-bond acceptors (Lipinski definition) is 4. The largest absolute Gasteiger partial charge is 0.340 e. The zero-order chi connectivity index (χ0) is 15.5. The van der Waals surface area contributed by atoms with Gasteiger partial charge in [-0.1, -0.05) is 25.1 Å². The fourth-order valence-electron chi connectivity index (χ4n) is 2.96. The van der Waals surface area contributed by atoms with Crippen molar-refractivity contribution >= 4 is 24.0 Å². The molecule has 1 N–H and O–H groups in total. The van der Waals surface area contributed by atoms with Gasteiger partial charge in [-0.25, -0.2) is 0 Å². The number of para-hydroxylation sites is 1. The number of amides is 1. The summed E-state index contributed by atoms with van der Waals surface area (Å²) in [4.78, 5) is 24.9. The Morgan fingerprint density at radius 2 is 2.14 bits per heavy atom. The number of rotatable bonds is 5. The summed E-state index contributed by atoms with van der Waals surface area (Å²) in [7, 11) is 1.70. The van der Waals surface area contributed by atoms with Crippen LogP contribution in [-0.4, -0.2) is 34.9 Å². The van der Waals surface area contributed by atoms with Gasteiger partial charge in [0.2, 0.25) is 5.91 Å². The van der Waals surface area contributed by atoms with Crippen LogP contribution in [0.15, 0.2) is 24.3 Å². The topological polar surface area (TPSA) is 75.5 Å². The minimum Gasteiger partial charge on any atom is -0.340 e. The smallest absolute Gasteiger partial charge is 0.274 e. The van der Waals surface area contributed by atoms with Crippen LogP contribution in [0.2, 0.25) is 0 Å². The van der Waals surface area contributed by atoms with E-state index in [0.29, 0.717) is 5.56 Å². The highest BCUT2D eigenvalue weighted by atomic mass is 35.5. The molecule has 1 aromatic rings. The predicted molar refractivity (Wildman–Crippen MR) is 87.1 cm³/mol. The highest BCUT2D eigenvalue weighted by Crippen LogP contribution is 2.27. The lowest BCUT2D eigenvalue weighted by Gasteiger charge is -2.31. The lowest BCUT2D eigenvalue weighted by atomic mass is 9.92. The number of carbonyl (C=O) groups is 1. The van der Waals surface area contributed by atoms with Crippen LogP contribution in [0.3, 0.4) is 0 Å². The summed E-state index contributed by atoms with van der Waals surface area (Å²) in [6.07, 6.45) is 2.54. The van der Waals surface area contributed by atoms with Crippen molar-refractivity contribution in [3.05, 3.63) is 39.9 Å². The maximum atomic E-state index is 12.7. The molecule has 1 aliphatic rings. The number of nitrogens with zero attached hydrogens (tertiary/aromatic N) is 2. The van der Waals surface area contributed by atoms with Crippen molar-refractivity contribution < 1.29 is 9.72 Å². The zero-order valence-corrected chi connectivity index (χ0v) is 13.7. The van der Waals surface area contributed by atoms with Gasteiger partial charge in [-0.05, 0) is 25.8 Å². The lowest BCUT2D eigenvalue weighted by molar-refractivity contribution is -0.385. The normalized spacial score (nSPS) is 20.3. The van der Waals surface area contributed by atoms with Crippen molar-refractivity contribution in [2.75, 3.05) is 13.6 Å². The minimum atomic E-state index is -0.502. The van der Waals surface area contributed by atoms with Gasteiger partial charge in [0.1, 0.15) is 0 Å². The summed E-state index contributed by atoms with van der Waals surface area (Å²) in [5.41, 5.74) is 0.114. The first-order chi connectivity index (χ1) is 10.00. The van der Waals surface area contributed by atoms with Crippen molar-refractivity contribution in [2.45, 2.75) is 38.3 Å². The van der Waals surface area contributed by atoms with E-state index in [1.54, 1.807) is 30.1 Å². The Morgan fingerprint density at radius 3 is 2.68 bits per heavy atom. The average Bonchev–Trinajstić information content (AvgIpc) is 2.96. The Kier molecular flexibility index (Phi) is 6.32. The monoisotopic (exact) mass is 327 g/mol. The molecule has 1 heterocycles. The molecule has 2 rings (SSSR count). The van der Waals surface area contributed by atoms with Crippen LogP contribution in [0.1, 0.15) is 31.7 Å². The summed E-state index contributed by atoms with van der Waals surface area (Å²) in [5.74, 6) is 0.0145. The van der Waals surface area contributed by atoms with E-state index in [-0.39, 0.29) is 30.5 Å². The molecular weight excluding hydrogens is 306 g/mol. The Balaban J connectivity index is 0.00000242. The number of hydrogen-bond donors (Lipinski definition) is 1. The Bertz CT molecular complexity index is 545. The minimum absolute atomic E-state index is 0. The summed E-state index contributed by atoms with van der Waals surface area (Å²) in [5, 5.41) is 14.3. The molecule has 0 radical (unpaired) electrons. The van der Waals surface area contributed by atoms with Crippen LogP contribution >= 0.6 is 12.4 Å². The molecule has 1 aromatic carbocycles. The standard InChI is InChI=1S/C15H21N3O3.ClH/c1-3-15(9-6-10-16-15)14(19)17(2)11-12-7-4-5-8-13(12)18(20)21;/h4-5,7-8,16H,3,6,9-11H2,1-2H3;1H. The van der Waals surface area contributed by atoms with Crippen molar-refractivity contribution in [2.24, 2.45) is 0 Å². The molecule has 1 saturated heterocycles. The van der Waals surface area contributed by atoms with E-state index in [9.17, 15) is 14.9 Å². The second kappa shape index (κ2) is 7.56. The van der Waals surface area contributed by atoms with Crippen LogP contribution in [0.25, 0.3) is 0 Å². The van der Waals surface area contributed by atoms with E-state index >= 15 is 0 Å². The van der Waals surface area contributed by atoms with Crippen LogP contribution in [0, 0.1) is 10.1 Å². The third-order valence-corrected chi connectivity index (χ3v) is 4.20. The molecule has 1 atom stereocenters. The lowest BCUT2D eigenvalue weighted by Crippen LogP contribution is -2.53. The molecule has 6 nitrogen and oxygen atoms in total. The van der Waals surface area contributed by atoms with Gasteiger partial charge >= 0.3 is 0 Å². The quantitative estimate of drug-likeness (QED) is 0.666. The zero-order valence-electron chi connectivity index (χ0n) is 12.9. The first kappa shape index (κ1) is 18.4. The molecule has 122 valence electrons. The molecule has 1 unspecified atom stereocenters. The second-order valence-electron chi connectivity index (χ2n) is 5.51. The summed E-state index contributed by atoms with van der Waals surface area (Å²) < 4.78 is 0. The molecule has 0 bridgehead atoms. The third-order valence-electron chi connectivity index (χ3n) is 4.20. The maximum Gasteiger partial charge on any atom is 0.274 e. The Hall–Kier alpha value is -1.66. The van der Waals surface area contributed by atoms with Gasteiger partial charge in [0, 0.05) is 18.7 Å². The Labute approximate surface area is 136 Å².